The molecule has 0 fully saturated rings. The summed E-state index contributed by atoms with van der Waals surface area (Å²) in [5.41, 5.74) is 5.85. The van der Waals surface area contributed by atoms with E-state index in [4.69, 9.17) is 5.73 Å². The third-order valence-corrected chi connectivity index (χ3v) is 1.97. The van der Waals surface area contributed by atoms with Gasteiger partial charge in [0.1, 0.15) is 17.7 Å². The third kappa shape index (κ3) is 3.58. The summed E-state index contributed by atoms with van der Waals surface area (Å²) in [6.07, 6.45) is 0.0491. The van der Waals surface area contributed by atoms with Crippen molar-refractivity contribution in [3.8, 4) is 0 Å². The van der Waals surface area contributed by atoms with Gasteiger partial charge in [0.15, 0.2) is 0 Å². The number of carbonyl (C=O) groups is 1. The van der Waals surface area contributed by atoms with Crippen LogP contribution in [-0.2, 0) is 16.0 Å². The lowest BCUT2D eigenvalue weighted by Crippen LogP contribution is -2.34. The van der Waals surface area contributed by atoms with Crippen molar-refractivity contribution in [3.63, 3.8) is 0 Å². The van der Waals surface area contributed by atoms with Gasteiger partial charge in [-0.2, -0.15) is 0 Å². The van der Waals surface area contributed by atoms with Crippen molar-refractivity contribution in [3.05, 3.63) is 35.4 Å². The number of halogens is 2. The summed E-state index contributed by atoms with van der Waals surface area (Å²) in [4.78, 5) is 11.2. The molecule has 1 aromatic carbocycles. The number of ether oxygens (including phenoxy) is 1. The molecule has 1 rings (SSSR count). The van der Waals surface area contributed by atoms with Gasteiger partial charge in [-0.3, -0.25) is 4.79 Å². The zero-order valence-electron chi connectivity index (χ0n) is 8.87. The van der Waals surface area contributed by atoms with Gasteiger partial charge in [0.2, 0.25) is 0 Å². The van der Waals surface area contributed by atoms with E-state index in [2.05, 4.69) is 4.74 Å². The Morgan fingerprint density at radius 3 is 2.44 bits per heavy atom. The molecule has 3 nitrogen and oxygen atoms in total. The maximum absolute atomic E-state index is 12.8. The Kier molecular flexibility index (Phi) is 4.37. The van der Waals surface area contributed by atoms with E-state index in [9.17, 15) is 13.6 Å². The fraction of sp³-hybridized carbons (Fsp3) is 0.364. The number of rotatable bonds is 4. The van der Waals surface area contributed by atoms with Crippen LogP contribution in [0.5, 0.6) is 0 Å². The van der Waals surface area contributed by atoms with Crippen molar-refractivity contribution in [1.29, 1.82) is 0 Å². The van der Waals surface area contributed by atoms with Crippen molar-refractivity contribution in [2.24, 2.45) is 5.73 Å². The second-order valence-electron chi connectivity index (χ2n) is 3.34. The SMILES string of the molecule is CCOC(=O)[C@@H](N)Cc1cc(F)cc(F)c1. The lowest BCUT2D eigenvalue weighted by atomic mass is 10.1. The Labute approximate surface area is 92.2 Å². The van der Waals surface area contributed by atoms with Gasteiger partial charge in [-0.25, -0.2) is 8.78 Å². The second kappa shape index (κ2) is 5.55. The van der Waals surface area contributed by atoms with Crippen LogP contribution in [0.2, 0.25) is 0 Å². The Morgan fingerprint density at radius 1 is 1.38 bits per heavy atom. The Bertz CT molecular complexity index is 362. The molecule has 0 saturated heterocycles. The van der Waals surface area contributed by atoms with Crippen LogP contribution in [-0.4, -0.2) is 18.6 Å². The van der Waals surface area contributed by atoms with Crippen molar-refractivity contribution >= 4 is 5.97 Å². The third-order valence-electron chi connectivity index (χ3n) is 1.97. The second-order valence-corrected chi connectivity index (χ2v) is 3.34. The summed E-state index contributed by atoms with van der Waals surface area (Å²) in [6.45, 7) is 1.89. The van der Waals surface area contributed by atoms with Crippen molar-refractivity contribution in [1.82, 2.24) is 0 Å². The number of benzene rings is 1. The average Bonchev–Trinajstić information content (AvgIpc) is 2.16. The normalized spacial score (nSPS) is 12.2. The van der Waals surface area contributed by atoms with Gasteiger partial charge in [0.25, 0.3) is 0 Å². The van der Waals surface area contributed by atoms with E-state index in [1.165, 1.54) is 0 Å². The molecule has 1 atom stereocenters. The van der Waals surface area contributed by atoms with Crippen LogP contribution in [0.4, 0.5) is 8.78 Å². The molecule has 0 aliphatic carbocycles. The first kappa shape index (κ1) is 12.6. The first-order valence-electron chi connectivity index (χ1n) is 4.90. The zero-order chi connectivity index (χ0) is 12.1. The zero-order valence-corrected chi connectivity index (χ0v) is 8.87. The molecule has 0 amide bonds. The van der Waals surface area contributed by atoms with Crippen LogP contribution in [0.3, 0.4) is 0 Å². The number of esters is 1. The minimum atomic E-state index is -0.902. The van der Waals surface area contributed by atoms with Crippen molar-refractivity contribution in [2.45, 2.75) is 19.4 Å². The van der Waals surface area contributed by atoms with Gasteiger partial charge in [-0.15, -0.1) is 0 Å². The molecule has 0 bridgehead atoms. The maximum atomic E-state index is 12.8. The van der Waals surface area contributed by atoms with Crippen LogP contribution in [0.1, 0.15) is 12.5 Å². The highest BCUT2D eigenvalue weighted by Crippen LogP contribution is 2.10. The van der Waals surface area contributed by atoms with E-state index in [-0.39, 0.29) is 13.0 Å². The minimum Gasteiger partial charge on any atom is -0.465 e. The van der Waals surface area contributed by atoms with Crippen LogP contribution < -0.4 is 5.73 Å². The smallest absolute Gasteiger partial charge is 0.323 e. The van der Waals surface area contributed by atoms with E-state index in [0.29, 0.717) is 5.56 Å². The summed E-state index contributed by atoms with van der Waals surface area (Å²) in [6, 6.07) is 2.14. The number of nitrogens with two attached hydrogens (primary N) is 1. The molecule has 2 N–H and O–H groups in total. The molecule has 0 aromatic heterocycles. The van der Waals surface area contributed by atoms with Crippen LogP contribution >= 0.6 is 0 Å². The van der Waals surface area contributed by atoms with Gasteiger partial charge in [-0.1, -0.05) is 0 Å². The maximum Gasteiger partial charge on any atom is 0.323 e. The molecule has 0 radical (unpaired) electrons. The monoisotopic (exact) mass is 229 g/mol. The lowest BCUT2D eigenvalue weighted by molar-refractivity contribution is -0.144. The highest BCUT2D eigenvalue weighted by atomic mass is 19.1. The molecule has 0 spiro atoms. The van der Waals surface area contributed by atoms with Gasteiger partial charge < -0.3 is 10.5 Å². The highest BCUT2D eigenvalue weighted by molar-refractivity contribution is 5.75. The first-order chi connectivity index (χ1) is 7.52. The quantitative estimate of drug-likeness (QED) is 0.794. The standard InChI is InChI=1S/C11H13F2NO2/c1-2-16-11(15)10(14)5-7-3-8(12)6-9(13)4-7/h3-4,6,10H,2,5,14H2,1H3/t10-/m0/s1. The summed E-state index contributed by atoms with van der Waals surface area (Å²) in [7, 11) is 0. The predicted octanol–water partition coefficient (Wildman–Crippen LogP) is 1.40. The summed E-state index contributed by atoms with van der Waals surface area (Å²) in [5, 5.41) is 0. The van der Waals surface area contributed by atoms with E-state index in [1.807, 2.05) is 0 Å². The van der Waals surface area contributed by atoms with E-state index in [1.54, 1.807) is 6.92 Å². The molecule has 0 heterocycles. The van der Waals surface area contributed by atoms with Gasteiger partial charge in [-0.05, 0) is 31.0 Å². The van der Waals surface area contributed by atoms with Crippen LogP contribution in [0, 0.1) is 11.6 Å². The summed E-state index contributed by atoms with van der Waals surface area (Å²) in [5.74, 6) is -1.95. The fourth-order valence-electron chi connectivity index (χ4n) is 1.32. The lowest BCUT2D eigenvalue weighted by Gasteiger charge is -2.10. The number of carbonyl (C=O) groups excluding carboxylic acids is 1. The van der Waals surface area contributed by atoms with Crippen molar-refractivity contribution in [2.75, 3.05) is 6.61 Å². The number of hydrogen-bond acceptors (Lipinski definition) is 3. The molecule has 16 heavy (non-hydrogen) atoms. The highest BCUT2D eigenvalue weighted by Gasteiger charge is 2.15. The average molecular weight is 229 g/mol. The van der Waals surface area contributed by atoms with Gasteiger partial charge in [0, 0.05) is 6.07 Å². The van der Waals surface area contributed by atoms with Crippen molar-refractivity contribution < 1.29 is 18.3 Å². The van der Waals surface area contributed by atoms with Crippen LogP contribution in [0.15, 0.2) is 18.2 Å². The van der Waals surface area contributed by atoms with Crippen LogP contribution in [0.25, 0.3) is 0 Å². The topological polar surface area (TPSA) is 52.3 Å². The van der Waals surface area contributed by atoms with E-state index < -0.39 is 23.6 Å². The molecule has 0 aliphatic rings. The summed E-state index contributed by atoms with van der Waals surface area (Å²) < 4.78 is 30.3. The molecular weight excluding hydrogens is 216 g/mol. The molecule has 0 aliphatic heterocycles. The first-order valence-corrected chi connectivity index (χ1v) is 4.90. The number of hydrogen-bond donors (Lipinski definition) is 1. The Balaban J connectivity index is 2.69. The van der Waals surface area contributed by atoms with Gasteiger partial charge >= 0.3 is 5.97 Å². The van der Waals surface area contributed by atoms with E-state index >= 15 is 0 Å². The molecule has 0 unspecified atom stereocenters. The molecule has 5 heteroatoms. The molecule has 0 saturated carbocycles. The Morgan fingerprint density at radius 2 is 1.94 bits per heavy atom. The minimum absolute atomic E-state index is 0.0491. The predicted molar refractivity (Wildman–Crippen MR) is 54.7 cm³/mol. The Hall–Kier alpha value is -1.49. The molecule has 1 aromatic rings. The van der Waals surface area contributed by atoms with Gasteiger partial charge in [0.05, 0.1) is 6.61 Å². The van der Waals surface area contributed by atoms with E-state index in [0.717, 1.165) is 18.2 Å². The fourth-order valence-corrected chi connectivity index (χ4v) is 1.32. The largest absolute Gasteiger partial charge is 0.465 e. The molecular formula is C11H13F2NO2. The molecule has 88 valence electrons. The summed E-state index contributed by atoms with van der Waals surface area (Å²) >= 11 is 0.